The Morgan fingerprint density at radius 2 is 1.85 bits per heavy atom. The topological polar surface area (TPSA) is 66.9 Å². The minimum absolute atomic E-state index is 0.136. The highest BCUT2D eigenvalue weighted by Gasteiger charge is 2.18. The standard InChI is InChI=1S/C27H28BN3O2/c1-16(2)31-15-17(3)25-22(12-21(28)13-24(25)31)26(32)29-14-23-20(10-18(4)30-27(23)33)11-19-8-6-5-7-9-19/h5-10,12-13,15-16H,11,14H2,1-4H3,(H,29,32)(H,30,33). The molecule has 1 amide bonds. The van der Waals surface area contributed by atoms with E-state index in [-0.39, 0.29) is 24.1 Å². The monoisotopic (exact) mass is 437 g/mol. The van der Waals surface area contributed by atoms with Crippen LogP contribution in [0, 0.1) is 13.8 Å². The van der Waals surface area contributed by atoms with Crippen molar-refractivity contribution in [1.29, 1.82) is 0 Å². The highest BCUT2D eigenvalue weighted by Crippen LogP contribution is 2.27. The molecule has 0 saturated carbocycles. The van der Waals surface area contributed by atoms with Crippen molar-refractivity contribution in [2.45, 2.75) is 46.7 Å². The first-order valence-corrected chi connectivity index (χ1v) is 11.2. The molecule has 4 aromatic rings. The first-order valence-electron chi connectivity index (χ1n) is 11.2. The molecule has 0 spiro atoms. The Balaban J connectivity index is 1.66. The number of aromatic amines is 1. The lowest BCUT2D eigenvalue weighted by atomic mass is 9.91. The number of nitrogens with zero attached hydrogens (tertiary/aromatic N) is 1. The summed E-state index contributed by atoms with van der Waals surface area (Å²) in [5.41, 5.74) is 6.20. The van der Waals surface area contributed by atoms with Crippen molar-refractivity contribution in [3.63, 3.8) is 0 Å². The Morgan fingerprint density at radius 3 is 2.55 bits per heavy atom. The Kier molecular flexibility index (Phi) is 6.27. The zero-order valence-electron chi connectivity index (χ0n) is 19.5. The summed E-state index contributed by atoms with van der Waals surface area (Å²) in [5.74, 6) is -0.248. The normalized spacial score (nSPS) is 11.3. The largest absolute Gasteiger partial charge is 0.348 e. The molecular formula is C27H28BN3O2. The molecule has 2 radical (unpaired) electrons. The summed E-state index contributed by atoms with van der Waals surface area (Å²) >= 11 is 0. The average Bonchev–Trinajstić information content (AvgIpc) is 3.09. The molecule has 0 aliphatic rings. The number of aryl methyl sites for hydroxylation is 2. The number of carbonyl (C=O) groups excluding carboxylic acids is 1. The van der Waals surface area contributed by atoms with Crippen LogP contribution in [-0.4, -0.2) is 23.3 Å². The van der Waals surface area contributed by atoms with Gasteiger partial charge in [-0.15, -0.1) is 0 Å². The summed E-state index contributed by atoms with van der Waals surface area (Å²) in [7, 11) is 6.15. The van der Waals surface area contributed by atoms with E-state index >= 15 is 0 Å². The van der Waals surface area contributed by atoms with Gasteiger partial charge in [-0.25, -0.2) is 0 Å². The number of nitrogens with one attached hydrogen (secondary N) is 2. The van der Waals surface area contributed by atoms with Crippen LogP contribution in [0.1, 0.15) is 58.2 Å². The van der Waals surface area contributed by atoms with Gasteiger partial charge in [-0.3, -0.25) is 9.59 Å². The number of pyridine rings is 1. The Hall–Kier alpha value is -3.54. The molecule has 4 rings (SSSR count). The van der Waals surface area contributed by atoms with Crippen LogP contribution in [0.5, 0.6) is 0 Å². The third kappa shape index (κ3) is 4.65. The van der Waals surface area contributed by atoms with Gasteiger partial charge in [0.05, 0.1) is 0 Å². The van der Waals surface area contributed by atoms with E-state index in [1.807, 2.05) is 62.5 Å². The molecule has 2 heterocycles. The van der Waals surface area contributed by atoms with Crippen LogP contribution in [0.2, 0.25) is 0 Å². The predicted octanol–water partition coefficient (Wildman–Crippen LogP) is 3.84. The lowest BCUT2D eigenvalue weighted by Gasteiger charge is -2.14. The number of hydrogen-bond donors (Lipinski definition) is 2. The van der Waals surface area contributed by atoms with Crippen molar-refractivity contribution < 1.29 is 4.79 Å². The molecule has 0 unspecified atom stereocenters. The van der Waals surface area contributed by atoms with Gasteiger partial charge in [-0.1, -0.05) is 41.9 Å². The zero-order valence-corrected chi connectivity index (χ0v) is 19.5. The van der Waals surface area contributed by atoms with Crippen LogP contribution < -0.4 is 16.3 Å². The summed E-state index contributed by atoms with van der Waals surface area (Å²) in [6.45, 7) is 8.19. The van der Waals surface area contributed by atoms with Gasteiger partial charge in [0.2, 0.25) is 0 Å². The average molecular weight is 437 g/mol. The van der Waals surface area contributed by atoms with Crippen LogP contribution in [0.25, 0.3) is 10.9 Å². The van der Waals surface area contributed by atoms with Crippen molar-refractivity contribution in [1.82, 2.24) is 14.9 Å². The lowest BCUT2D eigenvalue weighted by Crippen LogP contribution is -2.29. The number of amides is 1. The SMILES string of the molecule is [B]c1cc(C(=O)NCc2c(Cc3ccccc3)cc(C)[nH]c2=O)c2c(C)cn(C(C)C)c2c1. The molecule has 0 aliphatic carbocycles. The number of benzene rings is 2. The summed E-state index contributed by atoms with van der Waals surface area (Å²) in [6, 6.07) is 15.8. The third-order valence-corrected chi connectivity index (χ3v) is 5.97. The van der Waals surface area contributed by atoms with Crippen LogP contribution in [0.15, 0.2) is 59.5 Å². The van der Waals surface area contributed by atoms with E-state index < -0.39 is 0 Å². The maximum Gasteiger partial charge on any atom is 0.253 e. The number of aromatic nitrogens is 2. The van der Waals surface area contributed by atoms with E-state index in [1.54, 1.807) is 6.07 Å². The number of H-pyrrole nitrogens is 1. The van der Waals surface area contributed by atoms with Crippen molar-refractivity contribution in [2.24, 2.45) is 0 Å². The third-order valence-electron chi connectivity index (χ3n) is 5.97. The van der Waals surface area contributed by atoms with Crippen LogP contribution >= 0.6 is 0 Å². The molecule has 2 N–H and O–H groups in total. The first kappa shape index (κ1) is 22.7. The van der Waals surface area contributed by atoms with E-state index in [9.17, 15) is 9.59 Å². The van der Waals surface area contributed by atoms with Gasteiger partial charge in [0.1, 0.15) is 7.85 Å². The van der Waals surface area contributed by atoms with Crippen LogP contribution in [0.4, 0.5) is 0 Å². The van der Waals surface area contributed by atoms with Gasteiger partial charge in [0.15, 0.2) is 0 Å². The van der Waals surface area contributed by atoms with Crippen LogP contribution in [0.3, 0.4) is 0 Å². The molecule has 33 heavy (non-hydrogen) atoms. The second kappa shape index (κ2) is 9.14. The Morgan fingerprint density at radius 1 is 1.12 bits per heavy atom. The van der Waals surface area contributed by atoms with Crippen LogP contribution in [-0.2, 0) is 13.0 Å². The summed E-state index contributed by atoms with van der Waals surface area (Å²) < 4.78 is 2.13. The van der Waals surface area contributed by atoms with E-state index in [0.29, 0.717) is 23.0 Å². The molecule has 2 aromatic heterocycles. The summed E-state index contributed by atoms with van der Waals surface area (Å²) in [6.07, 6.45) is 2.67. The highest BCUT2D eigenvalue weighted by atomic mass is 16.1. The second-order valence-electron chi connectivity index (χ2n) is 8.91. The van der Waals surface area contributed by atoms with Gasteiger partial charge in [0, 0.05) is 46.5 Å². The molecule has 166 valence electrons. The number of rotatable bonds is 6. The van der Waals surface area contributed by atoms with Crippen molar-refractivity contribution >= 4 is 30.1 Å². The minimum Gasteiger partial charge on any atom is -0.348 e. The molecule has 0 atom stereocenters. The van der Waals surface area contributed by atoms with E-state index in [4.69, 9.17) is 7.85 Å². The van der Waals surface area contributed by atoms with Gasteiger partial charge < -0.3 is 14.9 Å². The fourth-order valence-electron chi connectivity index (χ4n) is 4.43. The number of carbonyl (C=O) groups is 1. The molecule has 6 heteroatoms. The van der Waals surface area contributed by atoms with E-state index in [1.165, 1.54) is 0 Å². The van der Waals surface area contributed by atoms with Gasteiger partial charge in [-0.05, 0) is 62.9 Å². The van der Waals surface area contributed by atoms with Gasteiger partial charge in [0.25, 0.3) is 11.5 Å². The highest BCUT2D eigenvalue weighted by molar-refractivity contribution is 6.34. The molecule has 5 nitrogen and oxygen atoms in total. The molecule has 0 bridgehead atoms. The fourth-order valence-corrected chi connectivity index (χ4v) is 4.43. The maximum absolute atomic E-state index is 13.3. The first-order chi connectivity index (χ1) is 15.7. The van der Waals surface area contributed by atoms with Crippen molar-refractivity contribution in [3.8, 4) is 0 Å². The summed E-state index contributed by atoms with van der Waals surface area (Å²) in [5, 5.41) is 3.85. The quantitative estimate of drug-likeness (QED) is 0.450. The van der Waals surface area contributed by atoms with Gasteiger partial charge in [-0.2, -0.15) is 0 Å². The number of fused-ring (bicyclic) bond motifs is 1. The second-order valence-corrected chi connectivity index (χ2v) is 8.91. The number of hydrogen-bond acceptors (Lipinski definition) is 2. The van der Waals surface area contributed by atoms with Crippen molar-refractivity contribution in [2.75, 3.05) is 0 Å². The molecule has 0 saturated heterocycles. The van der Waals surface area contributed by atoms with Gasteiger partial charge >= 0.3 is 0 Å². The van der Waals surface area contributed by atoms with Crippen molar-refractivity contribution in [3.05, 3.63) is 98.6 Å². The lowest BCUT2D eigenvalue weighted by molar-refractivity contribution is 0.0952. The summed E-state index contributed by atoms with van der Waals surface area (Å²) in [4.78, 5) is 28.9. The molecular weight excluding hydrogens is 409 g/mol. The maximum atomic E-state index is 13.3. The molecule has 0 aliphatic heterocycles. The smallest absolute Gasteiger partial charge is 0.253 e. The minimum atomic E-state index is -0.248. The van der Waals surface area contributed by atoms with E-state index in [0.717, 1.165) is 33.3 Å². The predicted molar refractivity (Wildman–Crippen MR) is 135 cm³/mol. The zero-order chi connectivity index (χ0) is 23.7. The van der Waals surface area contributed by atoms with E-state index in [2.05, 4.69) is 28.7 Å². The Labute approximate surface area is 195 Å². The fraction of sp³-hybridized carbons (Fsp3) is 0.259. The molecule has 0 fully saturated rings. The Bertz CT molecular complexity index is 1380. The molecule has 2 aromatic carbocycles.